The summed E-state index contributed by atoms with van der Waals surface area (Å²) in [5, 5.41) is 9.44. The Morgan fingerprint density at radius 1 is 1.08 bits per heavy atom. The van der Waals surface area contributed by atoms with Gasteiger partial charge in [0.25, 0.3) is 0 Å². The molecule has 2 aromatic heterocycles. The Labute approximate surface area is 215 Å². The second-order valence-corrected chi connectivity index (χ2v) is 9.71. The van der Waals surface area contributed by atoms with Crippen LogP contribution in [0.3, 0.4) is 0 Å². The van der Waals surface area contributed by atoms with Crippen molar-refractivity contribution in [1.29, 1.82) is 5.26 Å². The number of benzene rings is 2. The molecule has 2 aromatic carbocycles. The van der Waals surface area contributed by atoms with E-state index in [9.17, 15) is 14.4 Å². The zero-order valence-corrected chi connectivity index (χ0v) is 20.7. The highest BCUT2D eigenvalue weighted by Gasteiger charge is 2.22. The smallest absolute Gasteiger partial charge is 0.167 e. The summed E-state index contributed by atoms with van der Waals surface area (Å²) in [6.45, 7) is 3.61. The number of nitrogens with zero attached hydrogens (tertiary/aromatic N) is 4. The average molecular weight is 489 g/mol. The molecule has 1 aliphatic rings. The van der Waals surface area contributed by atoms with Gasteiger partial charge in [-0.15, -0.1) is 0 Å². The minimum absolute atomic E-state index is 0.0740. The molecule has 0 radical (unpaired) electrons. The SMILES string of the molecule is CC(C)(C#N)c1cccc(C(=O)Cc2cc(Cc3ncccc3-c3ncnc4c3C=CC4)ccc2F)c1. The third kappa shape index (κ3) is 4.94. The number of pyridine rings is 1. The van der Waals surface area contributed by atoms with Crippen molar-refractivity contribution in [2.24, 2.45) is 0 Å². The molecular weight excluding hydrogens is 463 g/mol. The minimum atomic E-state index is -0.721. The van der Waals surface area contributed by atoms with Crippen LogP contribution in [0, 0.1) is 17.1 Å². The summed E-state index contributed by atoms with van der Waals surface area (Å²) in [5.74, 6) is -0.626. The van der Waals surface area contributed by atoms with E-state index in [1.807, 2.05) is 24.3 Å². The van der Waals surface area contributed by atoms with Gasteiger partial charge in [0.2, 0.25) is 0 Å². The second kappa shape index (κ2) is 9.87. The van der Waals surface area contributed by atoms with Gasteiger partial charge >= 0.3 is 0 Å². The predicted molar refractivity (Wildman–Crippen MR) is 140 cm³/mol. The Hall–Kier alpha value is -4.50. The molecule has 0 fully saturated rings. The number of carbonyl (C=O) groups is 1. The summed E-state index contributed by atoms with van der Waals surface area (Å²) in [5.41, 5.74) is 6.23. The first-order valence-electron chi connectivity index (χ1n) is 12.1. The third-order valence-corrected chi connectivity index (χ3v) is 6.73. The van der Waals surface area contributed by atoms with Gasteiger partial charge in [-0.2, -0.15) is 5.26 Å². The van der Waals surface area contributed by atoms with Crippen molar-refractivity contribution in [1.82, 2.24) is 15.0 Å². The molecule has 4 aromatic rings. The van der Waals surface area contributed by atoms with E-state index in [1.54, 1.807) is 56.7 Å². The number of Topliss-reactive ketones (excluding diaryl/α,β-unsaturated/α-hetero) is 1. The van der Waals surface area contributed by atoms with Gasteiger partial charge in [0.15, 0.2) is 5.78 Å². The van der Waals surface area contributed by atoms with Crippen LogP contribution in [0.25, 0.3) is 17.3 Å². The molecule has 37 heavy (non-hydrogen) atoms. The molecule has 1 aliphatic carbocycles. The van der Waals surface area contributed by atoms with Crippen LogP contribution in [0.2, 0.25) is 0 Å². The number of aromatic nitrogens is 3. The molecule has 0 spiro atoms. The lowest BCUT2D eigenvalue weighted by Crippen LogP contribution is -2.15. The molecule has 5 rings (SSSR count). The van der Waals surface area contributed by atoms with Crippen LogP contribution in [-0.2, 0) is 24.7 Å². The topological polar surface area (TPSA) is 79.5 Å². The Kier molecular flexibility index (Phi) is 6.45. The van der Waals surface area contributed by atoms with Gasteiger partial charge in [-0.25, -0.2) is 14.4 Å². The zero-order chi connectivity index (χ0) is 26.0. The van der Waals surface area contributed by atoms with Crippen LogP contribution >= 0.6 is 0 Å². The minimum Gasteiger partial charge on any atom is -0.294 e. The Bertz CT molecular complexity index is 1580. The van der Waals surface area contributed by atoms with Gasteiger partial charge in [0, 0.05) is 42.1 Å². The fourth-order valence-electron chi connectivity index (χ4n) is 4.56. The number of carbonyl (C=O) groups excluding carboxylic acids is 1. The van der Waals surface area contributed by atoms with Crippen LogP contribution in [0.1, 0.15) is 57.8 Å². The van der Waals surface area contributed by atoms with Crippen LogP contribution in [0.15, 0.2) is 73.2 Å². The van der Waals surface area contributed by atoms with Crippen molar-refractivity contribution in [3.63, 3.8) is 0 Å². The van der Waals surface area contributed by atoms with Gasteiger partial charge < -0.3 is 0 Å². The number of rotatable bonds is 7. The van der Waals surface area contributed by atoms with E-state index >= 15 is 0 Å². The molecule has 0 amide bonds. The summed E-state index contributed by atoms with van der Waals surface area (Å²) in [4.78, 5) is 26.6. The Balaban J connectivity index is 1.42. The van der Waals surface area contributed by atoms with Crippen molar-refractivity contribution in [2.75, 3.05) is 0 Å². The molecule has 0 unspecified atom stereocenters. The highest BCUT2D eigenvalue weighted by Crippen LogP contribution is 2.31. The molecule has 0 atom stereocenters. The largest absolute Gasteiger partial charge is 0.294 e. The Morgan fingerprint density at radius 3 is 2.78 bits per heavy atom. The van der Waals surface area contributed by atoms with Crippen LogP contribution in [0.5, 0.6) is 0 Å². The molecule has 5 nitrogen and oxygen atoms in total. The monoisotopic (exact) mass is 488 g/mol. The van der Waals surface area contributed by atoms with E-state index in [0.29, 0.717) is 17.5 Å². The number of fused-ring (bicyclic) bond motifs is 1. The fourth-order valence-corrected chi connectivity index (χ4v) is 4.56. The summed E-state index contributed by atoms with van der Waals surface area (Å²) >= 11 is 0. The van der Waals surface area contributed by atoms with Crippen molar-refractivity contribution in [2.45, 2.75) is 38.5 Å². The molecule has 2 heterocycles. The highest BCUT2D eigenvalue weighted by molar-refractivity contribution is 5.97. The predicted octanol–water partition coefficient (Wildman–Crippen LogP) is 6.06. The first-order chi connectivity index (χ1) is 17.9. The van der Waals surface area contributed by atoms with E-state index in [4.69, 9.17) is 0 Å². The maximum Gasteiger partial charge on any atom is 0.167 e. The van der Waals surface area contributed by atoms with Crippen LogP contribution in [0.4, 0.5) is 4.39 Å². The van der Waals surface area contributed by atoms with Gasteiger partial charge in [-0.1, -0.05) is 42.5 Å². The van der Waals surface area contributed by atoms with Gasteiger partial charge in [0.1, 0.15) is 12.1 Å². The number of allylic oxidation sites excluding steroid dienone is 1. The lowest BCUT2D eigenvalue weighted by molar-refractivity contribution is 0.0991. The first-order valence-corrected chi connectivity index (χ1v) is 12.1. The molecule has 6 heteroatoms. The van der Waals surface area contributed by atoms with Gasteiger partial charge in [-0.3, -0.25) is 9.78 Å². The number of halogens is 1. The first kappa shape index (κ1) is 24.2. The van der Waals surface area contributed by atoms with Gasteiger partial charge in [-0.05, 0) is 54.8 Å². The van der Waals surface area contributed by atoms with Crippen molar-refractivity contribution < 1.29 is 9.18 Å². The maximum absolute atomic E-state index is 14.8. The van der Waals surface area contributed by atoms with Crippen LogP contribution in [-0.4, -0.2) is 20.7 Å². The highest BCUT2D eigenvalue weighted by atomic mass is 19.1. The number of nitriles is 1. The van der Waals surface area contributed by atoms with E-state index in [0.717, 1.165) is 45.8 Å². The molecule has 0 saturated heterocycles. The van der Waals surface area contributed by atoms with E-state index in [-0.39, 0.29) is 12.2 Å². The quantitative estimate of drug-likeness (QED) is 0.295. The van der Waals surface area contributed by atoms with E-state index in [2.05, 4.69) is 27.1 Å². The van der Waals surface area contributed by atoms with Crippen molar-refractivity contribution in [3.05, 3.63) is 118 Å². The standard InChI is InChI=1S/C31H25FN4O/c1-31(2,18-33)23-7-3-6-21(16-23)29(37)17-22-14-20(11-12-26(22)32)15-28-25(9-5-13-34-28)30-24-8-4-10-27(24)35-19-36-30/h3-9,11-14,16,19H,10,15,17H2,1-2H3. The second-order valence-electron chi connectivity index (χ2n) is 9.71. The molecule has 0 saturated carbocycles. The normalized spacial score (nSPS) is 12.3. The van der Waals surface area contributed by atoms with Crippen molar-refractivity contribution >= 4 is 11.9 Å². The van der Waals surface area contributed by atoms with E-state index < -0.39 is 11.2 Å². The summed E-state index contributed by atoms with van der Waals surface area (Å²) in [7, 11) is 0. The van der Waals surface area contributed by atoms with Crippen LogP contribution < -0.4 is 0 Å². The van der Waals surface area contributed by atoms with Gasteiger partial charge in [0.05, 0.1) is 28.6 Å². The zero-order valence-electron chi connectivity index (χ0n) is 20.7. The lowest BCUT2D eigenvalue weighted by Gasteiger charge is -2.16. The molecular formula is C31H25FN4O. The Morgan fingerprint density at radius 2 is 1.95 bits per heavy atom. The summed E-state index contributed by atoms with van der Waals surface area (Å²) in [6.07, 6.45) is 8.59. The summed E-state index contributed by atoms with van der Waals surface area (Å²) in [6, 6.07) is 18.0. The lowest BCUT2D eigenvalue weighted by atomic mass is 9.85. The van der Waals surface area contributed by atoms with E-state index in [1.165, 1.54) is 6.07 Å². The summed E-state index contributed by atoms with van der Waals surface area (Å²) < 4.78 is 14.8. The average Bonchev–Trinajstić information content (AvgIpc) is 3.40. The molecule has 0 aliphatic heterocycles. The molecule has 182 valence electrons. The number of hydrogen-bond donors (Lipinski definition) is 0. The molecule has 0 N–H and O–H groups in total. The van der Waals surface area contributed by atoms with Crippen molar-refractivity contribution in [3.8, 4) is 17.3 Å². The molecule has 0 bridgehead atoms. The number of hydrogen-bond acceptors (Lipinski definition) is 5. The fraction of sp³-hybridized carbons (Fsp3) is 0.194. The number of ketones is 1. The third-order valence-electron chi connectivity index (χ3n) is 6.73. The maximum atomic E-state index is 14.8.